The van der Waals surface area contributed by atoms with E-state index in [0.29, 0.717) is 23.3 Å². The van der Waals surface area contributed by atoms with Crippen molar-refractivity contribution in [2.24, 2.45) is 11.8 Å². The molecule has 2 nitrogen and oxygen atoms in total. The second kappa shape index (κ2) is 6.42. The highest BCUT2D eigenvalue weighted by Gasteiger charge is 2.41. The van der Waals surface area contributed by atoms with Gasteiger partial charge in [0.1, 0.15) is 5.82 Å². The Labute approximate surface area is 125 Å². The lowest BCUT2D eigenvalue weighted by molar-refractivity contribution is 0.0479. The Bertz CT molecular complexity index is 468. The third-order valence-corrected chi connectivity index (χ3v) is 4.97. The molecule has 5 atom stereocenters. The van der Waals surface area contributed by atoms with Gasteiger partial charge in [-0.2, -0.15) is 0 Å². The lowest BCUT2D eigenvalue weighted by atomic mass is 9.81. The van der Waals surface area contributed by atoms with Crippen LogP contribution in [0, 0.1) is 17.7 Å². The Morgan fingerprint density at radius 3 is 2.55 bits per heavy atom. The number of hydrogen-bond donors (Lipinski definition) is 1. The van der Waals surface area contributed by atoms with Gasteiger partial charge >= 0.3 is 0 Å². The molecule has 0 amide bonds. The number of ether oxygens (including phenoxy) is 1. The van der Waals surface area contributed by atoms with Crippen molar-refractivity contribution in [3.8, 4) is 0 Å². The smallest absolute Gasteiger partial charge is 0.123 e. The average Bonchev–Trinajstić information content (AvgIpc) is 2.65. The van der Waals surface area contributed by atoms with Gasteiger partial charge in [-0.1, -0.05) is 18.5 Å². The standard InChI is InChI=1S/C16H23ClFNO/c1-9-10(2)20-11(3)16(9)15(19-4)8-12-7-13(18)5-6-14(12)17/h5-7,9-11,15-16,19H,8H2,1-4H3. The predicted molar refractivity (Wildman–Crippen MR) is 80.6 cm³/mol. The first-order chi connectivity index (χ1) is 9.43. The van der Waals surface area contributed by atoms with Crippen molar-refractivity contribution in [2.75, 3.05) is 7.05 Å². The predicted octanol–water partition coefficient (Wildman–Crippen LogP) is 3.67. The Hall–Kier alpha value is -0.640. The molecule has 1 aliphatic heterocycles. The van der Waals surface area contributed by atoms with Gasteiger partial charge in [0.05, 0.1) is 12.2 Å². The molecule has 2 rings (SSSR count). The van der Waals surface area contributed by atoms with Gasteiger partial charge in [-0.05, 0) is 57.0 Å². The first kappa shape index (κ1) is 15.7. The molecule has 0 saturated carbocycles. The second-order valence-electron chi connectivity index (χ2n) is 5.82. The van der Waals surface area contributed by atoms with Crippen LogP contribution >= 0.6 is 11.6 Å². The highest BCUT2D eigenvalue weighted by molar-refractivity contribution is 6.31. The molecule has 1 aromatic carbocycles. The van der Waals surface area contributed by atoms with Crippen molar-refractivity contribution < 1.29 is 9.13 Å². The molecule has 4 heteroatoms. The quantitative estimate of drug-likeness (QED) is 0.916. The number of rotatable bonds is 4. The Morgan fingerprint density at radius 1 is 1.30 bits per heavy atom. The number of hydrogen-bond acceptors (Lipinski definition) is 2. The molecule has 1 fully saturated rings. The molecule has 112 valence electrons. The van der Waals surface area contributed by atoms with Gasteiger partial charge in [-0.25, -0.2) is 4.39 Å². The van der Waals surface area contributed by atoms with Gasteiger partial charge in [0.15, 0.2) is 0 Å². The minimum atomic E-state index is -0.239. The van der Waals surface area contributed by atoms with Gasteiger partial charge in [-0.15, -0.1) is 0 Å². The normalized spacial score (nSPS) is 31.5. The summed E-state index contributed by atoms with van der Waals surface area (Å²) in [4.78, 5) is 0. The summed E-state index contributed by atoms with van der Waals surface area (Å²) >= 11 is 6.18. The van der Waals surface area contributed by atoms with E-state index in [1.165, 1.54) is 12.1 Å². The molecular formula is C16H23ClFNO. The fourth-order valence-corrected chi connectivity index (χ4v) is 3.55. The van der Waals surface area contributed by atoms with Crippen LogP contribution in [0.3, 0.4) is 0 Å². The minimum Gasteiger partial charge on any atom is -0.375 e. The summed E-state index contributed by atoms with van der Waals surface area (Å²) in [6.45, 7) is 6.45. The summed E-state index contributed by atoms with van der Waals surface area (Å²) in [6, 6.07) is 4.77. The van der Waals surface area contributed by atoms with Crippen LogP contribution in [0.5, 0.6) is 0 Å². The van der Waals surface area contributed by atoms with Crippen LogP contribution in [0.25, 0.3) is 0 Å². The highest BCUT2D eigenvalue weighted by Crippen LogP contribution is 2.36. The molecule has 20 heavy (non-hydrogen) atoms. The summed E-state index contributed by atoms with van der Waals surface area (Å²) in [5.74, 6) is 0.625. The molecule has 1 saturated heterocycles. The average molecular weight is 300 g/mol. The van der Waals surface area contributed by atoms with Crippen molar-refractivity contribution in [2.45, 2.75) is 45.4 Å². The lowest BCUT2D eigenvalue weighted by Gasteiger charge is -2.29. The van der Waals surface area contributed by atoms with Gasteiger partial charge in [-0.3, -0.25) is 0 Å². The second-order valence-corrected chi connectivity index (χ2v) is 6.23. The van der Waals surface area contributed by atoms with E-state index < -0.39 is 0 Å². The van der Waals surface area contributed by atoms with Gasteiger partial charge < -0.3 is 10.1 Å². The fourth-order valence-electron chi connectivity index (χ4n) is 3.35. The van der Waals surface area contributed by atoms with E-state index in [2.05, 4.69) is 26.1 Å². The lowest BCUT2D eigenvalue weighted by Crippen LogP contribution is -2.41. The molecule has 1 N–H and O–H groups in total. The topological polar surface area (TPSA) is 21.3 Å². The summed E-state index contributed by atoms with van der Waals surface area (Å²) < 4.78 is 19.3. The highest BCUT2D eigenvalue weighted by atomic mass is 35.5. The maximum Gasteiger partial charge on any atom is 0.123 e. The van der Waals surface area contributed by atoms with Crippen molar-refractivity contribution in [1.29, 1.82) is 0 Å². The molecule has 0 spiro atoms. The minimum absolute atomic E-state index is 0.199. The molecule has 0 bridgehead atoms. The molecule has 1 heterocycles. The zero-order valence-electron chi connectivity index (χ0n) is 12.5. The summed E-state index contributed by atoms with van der Waals surface area (Å²) in [6.07, 6.45) is 1.17. The molecule has 0 aliphatic carbocycles. The number of nitrogens with one attached hydrogen (secondary N) is 1. The molecule has 0 aromatic heterocycles. The maximum atomic E-state index is 13.4. The van der Waals surface area contributed by atoms with Crippen molar-refractivity contribution in [3.05, 3.63) is 34.6 Å². The van der Waals surface area contributed by atoms with Crippen LogP contribution in [-0.2, 0) is 11.2 Å². The van der Waals surface area contributed by atoms with E-state index in [1.54, 1.807) is 6.07 Å². The largest absolute Gasteiger partial charge is 0.375 e. The van der Waals surface area contributed by atoms with Gasteiger partial charge in [0, 0.05) is 17.0 Å². The summed E-state index contributed by atoms with van der Waals surface area (Å²) in [5.41, 5.74) is 0.852. The van der Waals surface area contributed by atoms with Crippen LogP contribution in [0.1, 0.15) is 26.3 Å². The van der Waals surface area contributed by atoms with E-state index in [1.807, 2.05) is 7.05 Å². The molecule has 1 aliphatic rings. The summed E-state index contributed by atoms with van der Waals surface area (Å²) in [7, 11) is 1.94. The van der Waals surface area contributed by atoms with Crippen LogP contribution in [0.4, 0.5) is 4.39 Å². The van der Waals surface area contributed by atoms with Gasteiger partial charge in [0.25, 0.3) is 0 Å². The van der Waals surface area contributed by atoms with E-state index >= 15 is 0 Å². The first-order valence-electron chi connectivity index (χ1n) is 7.20. The number of benzene rings is 1. The van der Waals surface area contributed by atoms with Crippen molar-refractivity contribution >= 4 is 11.6 Å². The van der Waals surface area contributed by atoms with E-state index in [9.17, 15) is 4.39 Å². The van der Waals surface area contributed by atoms with Crippen molar-refractivity contribution in [1.82, 2.24) is 5.32 Å². The first-order valence-corrected chi connectivity index (χ1v) is 7.58. The number of halogens is 2. The Balaban J connectivity index is 2.19. The zero-order valence-corrected chi connectivity index (χ0v) is 13.2. The van der Waals surface area contributed by atoms with Crippen molar-refractivity contribution in [3.63, 3.8) is 0 Å². The monoisotopic (exact) mass is 299 g/mol. The van der Waals surface area contributed by atoms with E-state index in [-0.39, 0.29) is 24.1 Å². The van der Waals surface area contributed by atoms with E-state index in [4.69, 9.17) is 16.3 Å². The molecule has 0 radical (unpaired) electrons. The molecule has 5 unspecified atom stereocenters. The molecular weight excluding hydrogens is 277 g/mol. The third-order valence-electron chi connectivity index (χ3n) is 4.60. The Kier molecular flexibility index (Phi) is 5.05. The van der Waals surface area contributed by atoms with Crippen LogP contribution in [0.2, 0.25) is 5.02 Å². The third kappa shape index (κ3) is 3.16. The Morgan fingerprint density at radius 2 is 2.00 bits per heavy atom. The SMILES string of the molecule is CNC(Cc1cc(F)ccc1Cl)C1C(C)OC(C)C1C. The fraction of sp³-hybridized carbons (Fsp3) is 0.625. The van der Waals surface area contributed by atoms with Crippen LogP contribution in [0.15, 0.2) is 18.2 Å². The van der Waals surface area contributed by atoms with Crippen LogP contribution < -0.4 is 5.32 Å². The van der Waals surface area contributed by atoms with Gasteiger partial charge in [0.2, 0.25) is 0 Å². The zero-order chi connectivity index (χ0) is 14.9. The number of likely N-dealkylation sites (N-methyl/N-ethyl adjacent to an activating group) is 1. The molecule has 1 aromatic rings. The van der Waals surface area contributed by atoms with Crippen LogP contribution in [-0.4, -0.2) is 25.3 Å². The summed E-state index contributed by atoms with van der Waals surface area (Å²) in [5, 5.41) is 3.98. The van der Waals surface area contributed by atoms with E-state index in [0.717, 1.165) is 5.56 Å². The maximum absolute atomic E-state index is 13.4.